The van der Waals surface area contributed by atoms with E-state index in [1.165, 1.54) is 18.5 Å². The van der Waals surface area contributed by atoms with Crippen LogP contribution in [0.4, 0.5) is 5.82 Å². The summed E-state index contributed by atoms with van der Waals surface area (Å²) in [5, 5.41) is 3.62. The number of fused-ring (bicyclic) bond motifs is 1. The van der Waals surface area contributed by atoms with Crippen LogP contribution in [0, 0.1) is 0 Å². The largest absolute Gasteiger partial charge is 0.358 e. The Morgan fingerprint density at radius 2 is 1.73 bits per heavy atom. The standard InChI is InChI=1S/C26H29N7O3S/c1-32(2)10-11-33(3)25-7-5-6-22(31-25)23-9-8-18-15-28-20(13-24(18)30-23)16-29-26(34)19-12-21(17-27-14-19)37(4,35)36/h5-9,12-15,17H,10-11,16H2,1-4H3,(H,29,34). The summed E-state index contributed by atoms with van der Waals surface area (Å²) >= 11 is 0. The van der Waals surface area contributed by atoms with Crippen LogP contribution in [-0.2, 0) is 16.4 Å². The molecule has 11 heteroatoms. The summed E-state index contributed by atoms with van der Waals surface area (Å²) in [5.41, 5.74) is 3.00. The summed E-state index contributed by atoms with van der Waals surface area (Å²) < 4.78 is 23.5. The minimum atomic E-state index is -3.46. The average molecular weight is 520 g/mol. The number of hydrogen-bond acceptors (Lipinski definition) is 9. The van der Waals surface area contributed by atoms with Gasteiger partial charge in [-0.15, -0.1) is 0 Å². The van der Waals surface area contributed by atoms with E-state index in [9.17, 15) is 13.2 Å². The molecule has 37 heavy (non-hydrogen) atoms. The van der Waals surface area contributed by atoms with Crippen LogP contribution >= 0.6 is 0 Å². The van der Waals surface area contributed by atoms with Gasteiger partial charge in [-0.2, -0.15) is 0 Å². The molecule has 4 heterocycles. The number of sulfone groups is 1. The normalized spacial score (nSPS) is 11.6. The Hall–Kier alpha value is -3.96. The van der Waals surface area contributed by atoms with Crippen LogP contribution in [0.15, 0.2) is 66.0 Å². The van der Waals surface area contributed by atoms with Crippen molar-refractivity contribution in [3.8, 4) is 11.4 Å². The zero-order valence-electron chi connectivity index (χ0n) is 21.2. The number of anilines is 1. The molecule has 0 aromatic carbocycles. The summed E-state index contributed by atoms with van der Waals surface area (Å²) in [4.78, 5) is 34.6. The molecular weight excluding hydrogens is 490 g/mol. The number of nitrogens with zero attached hydrogens (tertiary/aromatic N) is 6. The molecule has 0 saturated heterocycles. The van der Waals surface area contributed by atoms with Crippen LogP contribution < -0.4 is 10.2 Å². The van der Waals surface area contributed by atoms with Crippen LogP contribution in [0.3, 0.4) is 0 Å². The number of pyridine rings is 4. The van der Waals surface area contributed by atoms with E-state index in [-0.39, 0.29) is 17.0 Å². The maximum absolute atomic E-state index is 12.6. The van der Waals surface area contributed by atoms with Gasteiger partial charge >= 0.3 is 0 Å². The summed E-state index contributed by atoms with van der Waals surface area (Å²) in [6.07, 6.45) is 5.32. The molecule has 0 radical (unpaired) electrons. The number of rotatable bonds is 9. The highest BCUT2D eigenvalue weighted by Crippen LogP contribution is 2.22. The van der Waals surface area contributed by atoms with Crippen molar-refractivity contribution >= 4 is 32.5 Å². The first-order chi connectivity index (χ1) is 17.6. The lowest BCUT2D eigenvalue weighted by Gasteiger charge is -2.21. The number of carbonyl (C=O) groups is 1. The molecule has 1 amide bonds. The van der Waals surface area contributed by atoms with E-state index in [0.717, 1.165) is 47.5 Å². The molecule has 0 aliphatic heterocycles. The van der Waals surface area contributed by atoms with Crippen molar-refractivity contribution in [3.05, 3.63) is 72.3 Å². The van der Waals surface area contributed by atoms with Gasteiger partial charge in [-0.05, 0) is 50.5 Å². The van der Waals surface area contributed by atoms with Gasteiger partial charge in [0.15, 0.2) is 9.84 Å². The Morgan fingerprint density at radius 1 is 0.946 bits per heavy atom. The third kappa shape index (κ3) is 6.63. The first kappa shape index (κ1) is 26.1. The molecule has 1 N–H and O–H groups in total. The van der Waals surface area contributed by atoms with E-state index in [2.05, 4.69) is 25.1 Å². The van der Waals surface area contributed by atoms with Crippen molar-refractivity contribution in [3.63, 3.8) is 0 Å². The number of nitrogens with one attached hydrogen (secondary N) is 1. The molecule has 0 spiro atoms. The smallest absolute Gasteiger partial charge is 0.253 e. The van der Waals surface area contributed by atoms with E-state index in [1.54, 1.807) is 6.20 Å². The Balaban J connectivity index is 1.51. The fraction of sp³-hybridized carbons (Fsp3) is 0.269. The molecular formula is C26H29N7O3S. The van der Waals surface area contributed by atoms with Gasteiger partial charge in [-0.3, -0.25) is 14.8 Å². The third-order valence-corrected chi connectivity index (χ3v) is 6.81. The van der Waals surface area contributed by atoms with E-state index in [4.69, 9.17) is 9.97 Å². The zero-order chi connectivity index (χ0) is 26.6. The number of aromatic nitrogens is 4. The fourth-order valence-electron chi connectivity index (χ4n) is 3.56. The van der Waals surface area contributed by atoms with Crippen molar-refractivity contribution in [2.75, 3.05) is 45.4 Å². The van der Waals surface area contributed by atoms with Crippen LogP contribution in [-0.4, -0.2) is 79.6 Å². The van der Waals surface area contributed by atoms with Crippen LogP contribution in [0.25, 0.3) is 22.3 Å². The lowest BCUT2D eigenvalue weighted by molar-refractivity contribution is 0.0950. The topological polar surface area (TPSA) is 121 Å². The van der Waals surface area contributed by atoms with Gasteiger partial charge in [0.1, 0.15) is 5.82 Å². The maximum atomic E-state index is 12.6. The quantitative estimate of drug-likeness (QED) is 0.355. The maximum Gasteiger partial charge on any atom is 0.253 e. The zero-order valence-corrected chi connectivity index (χ0v) is 22.0. The summed E-state index contributed by atoms with van der Waals surface area (Å²) in [7, 11) is 2.63. The highest BCUT2D eigenvalue weighted by Gasteiger charge is 2.13. The fourth-order valence-corrected chi connectivity index (χ4v) is 4.15. The van der Waals surface area contributed by atoms with Gasteiger partial charge < -0.3 is 15.1 Å². The van der Waals surface area contributed by atoms with Gasteiger partial charge in [-0.1, -0.05) is 6.07 Å². The molecule has 0 aliphatic carbocycles. The van der Waals surface area contributed by atoms with Crippen molar-refractivity contribution in [1.82, 2.24) is 30.2 Å². The molecule has 0 fully saturated rings. The number of hydrogen-bond donors (Lipinski definition) is 1. The van der Waals surface area contributed by atoms with E-state index >= 15 is 0 Å². The van der Waals surface area contributed by atoms with E-state index in [1.807, 2.05) is 57.5 Å². The Kier molecular flexibility index (Phi) is 7.74. The Morgan fingerprint density at radius 3 is 2.49 bits per heavy atom. The predicted molar refractivity (Wildman–Crippen MR) is 143 cm³/mol. The summed E-state index contributed by atoms with van der Waals surface area (Å²) in [6, 6.07) is 12.9. The number of carbonyl (C=O) groups excluding carboxylic acids is 1. The molecule has 4 rings (SSSR count). The first-order valence-corrected chi connectivity index (χ1v) is 13.5. The van der Waals surface area contributed by atoms with Crippen LogP contribution in [0.2, 0.25) is 0 Å². The molecule has 0 aliphatic rings. The van der Waals surface area contributed by atoms with Gasteiger partial charge in [0.25, 0.3) is 5.91 Å². The summed E-state index contributed by atoms with van der Waals surface area (Å²) in [5.74, 6) is 0.426. The monoisotopic (exact) mass is 519 g/mol. The van der Waals surface area contributed by atoms with E-state index < -0.39 is 15.7 Å². The molecule has 4 aromatic rings. The Labute approximate surface area is 216 Å². The highest BCUT2D eigenvalue weighted by molar-refractivity contribution is 7.90. The van der Waals surface area contributed by atoms with Gasteiger partial charge in [-0.25, -0.2) is 18.4 Å². The highest BCUT2D eigenvalue weighted by atomic mass is 32.2. The van der Waals surface area contributed by atoms with Crippen LogP contribution in [0.1, 0.15) is 16.1 Å². The van der Waals surface area contributed by atoms with Gasteiger partial charge in [0.2, 0.25) is 0 Å². The second-order valence-corrected chi connectivity index (χ2v) is 11.1. The van der Waals surface area contributed by atoms with Crippen molar-refractivity contribution in [2.24, 2.45) is 0 Å². The lowest BCUT2D eigenvalue weighted by Crippen LogP contribution is -2.29. The summed E-state index contributed by atoms with van der Waals surface area (Å²) in [6.45, 7) is 1.92. The van der Waals surface area contributed by atoms with Crippen molar-refractivity contribution in [1.29, 1.82) is 0 Å². The second-order valence-electron chi connectivity index (χ2n) is 9.03. The Bertz CT molecular complexity index is 1540. The van der Waals surface area contributed by atoms with Gasteiger partial charge in [0.05, 0.1) is 39.6 Å². The predicted octanol–water partition coefficient (Wildman–Crippen LogP) is 2.42. The molecule has 0 atom stereocenters. The molecule has 4 aromatic heterocycles. The number of amides is 1. The number of likely N-dealkylation sites (N-methyl/N-ethyl adjacent to an activating group) is 2. The lowest BCUT2D eigenvalue weighted by atomic mass is 10.2. The minimum absolute atomic E-state index is 0.0118. The van der Waals surface area contributed by atoms with Crippen molar-refractivity contribution < 1.29 is 13.2 Å². The SMILES string of the molecule is CN(C)CCN(C)c1cccc(-c2ccc3cnc(CNC(=O)c4cncc(S(C)(=O)=O)c4)cc3n2)n1. The second kappa shape index (κ2) is 11.0. The molecule has 0 unspecified atom stereocenters. The minimum Gasteiger partial charge on any atom is -0.358 e. The van der Waals surface area contributed by atoms with Gasteiger partial charge in [0, 0.05) is 50.4 Å². The van der Waals surface area contributed by atoms with Crippen LogP contribution in [0.5, 0.6) is 0 Å². The molecule has 192 valence electrons. The van der Waals surface area contributed by atoms with E-state index in [0.29, 0.717) is 5.69 Å². The average Bonchev–Trinajstić information content (AvgIpc) is 2.89. The molecule has 0 bridgehead atoms. The third-order valence-electron chi connectivity index (χ3n) is 5.73. The first-order valence-electron chi connectivity index (χ1n) is 11.6. The molecule has 0 saturated carbocycles. The van der Waals surface area contributed by atoms with Crippen molar-refractivity contribution in [2.45, 2.75) is 11.4 Å². The molecule has 10 nitrogen and oxygen atoms in total.